The number of amides is 1. The summed E-state index contributed by atoms with van der Waals surface area (Å²) in [5.41, 5.74) is 2.70. The Kier molecular flexibility index (Phi) is 8.03. The maximum absolute atomic E-state index is 13.0. The lowest BCUT2D eigenvalue weighted by Gasteiger charge is -2.11. The molecule has 2 aromatic heterocycles. The molecular weight excluding hydrogens is 484 g/mol. The zero-order valence-electron chi connectivity index (χ0n) is 19.6. The van der Waals surface area contributed by atoms with Gasteiger partial charge in [0.1, 0.15) is 10.4 Å². The van der Waals surface area contributed by atoms with E-state index in [4.69, 9.17) is 16.3 Å². The molecule has 1 amide bonds. The number of fused-ring (bicyclic) bond motifs is 1. The predicted octanol–water partition coefficient (Wildman–Crippen LogP) is 5.13. The molecular formula is C27H27ClN2O4S. The number of carbonyl (C=O) groups excluding carboxylic acids is 1. The van der Waals surface area contributed by atoms with Gasteiger partial charge < -0.3 is 19.7 Å². The van der Waals surface area contributed by atoms with Gasteiger partial charge in [0.15, 0.2) is 0 Å². The molecule has 0 aliphatic carbocycles. The molecule has 0 fully saturated rings. The lowest BCUT2D eigenvalue weighted by molar-refractivity contribution is 0.0745. The van der Waals surface area contributed by atoms with E-state index in [0.717, 1.165) is 26.4 Å². The summed E-state index contributed by atoms with van der Waals surface area (Å²) in [4.78, 5) is 27.4. The molecule has 0 bridgehead atoms. The van der Waals surface area contributed by atoms with Crippen molar-refractivity contribution in [3.8, 4) is 0 Å². The number of aliphatic hydroxyl groups is 1. The molecule has 0 aliphatic rings. The SMILES string of the molecule is Cc1ccc(C(O)CCOCc2cc3c(=O)c(C(=O)NCc4ccc(Cl)cc4)cn(C)c3s2)cc1. The highest BCUT2D eigenvalue weighted by Crippen LogP contribution is 2.25. The van der Waals surface area contributed by atoms with E-state index in [9.17, 15) is 14.7 Å². The Morgan fingerprint density at radius 1 is 1.17 bits per heavy atom. The molecule has 0 aliphatic heterocycles. The van der Waals surface area contributed by atoms with Crippen LogP contribution in [0.5, 0.6) is 0 Å². The zero-order valence-corrected chi connectivity index (χ0v) is 21.2. The molecule has 2 aromatic carbocycles. The van der Waals surface area contributed by atoms with Crippen LogP contribution in [-0.2, 0) is 24.9 Å². The summed E-state index contributed by atoms with van der Waals surface area (Å²) in [7, 11) is 1.82. The van der Waals surface area contributed by atoms with Gasteiger partial charge in [-0.1, -0.05) is 53.6 Å². The number of hydrogen-bond donors (Lipinski definition) is 2. The van der Waals surface area contributed by atoms with Crippen molar-refractivity contribution in [3.63, 3.8) is 0 Å². The number of nitrogens with zero attached hydrogens (tertiary/aromatic N) is 1. The quantitative estimate of drug-likeness (QED) is 0.306. The van der Waals surface area contributed by atoms with E-state index >= 15 is 0 Å². The summed E-state index contributed by atoms with van der Waals surface area (Å²) in [5, 5.41) is 14.3. The van der Waals surface area contributed by atoms with Crippen molar-refractivity contribution in [1.29, 1.82) is 0 Å². The van der Waals surface area contributed by atoms with Gasteiger partial charge in [0.2, 0.25) is 5.43 Å². The topological polar surface area (TPSA) is 80.6 Å². The van der Waals surface area contributed by atoms with Crippen LogP contribution >= 0.6 is 22.9 Å². The lowest BCUT2D eigenvalue weighted by atomic mass is 10.1. The molecule has 0 spiro atoms. The second kappa shape index (κ2) is 11.2. The first-order valence-corrected chi connectivity index (χ1v) is 12.5. The summed E-state index contributed by atoms with van der Waals surface area (Å²) in [6, 6.07) is 16.7. The van der Waals surface area contributed by atoms with E-state index in [-0.39, 0.29) is 11.0 Å². The number of aromatic nitrogens is 1. The van der Waals surface area contributed by atoms with Gasteiger partial charge in [-0.05, 0) is 36.2 Å². The normalized spacial score (nSPS) is 12.1. The van der Waals surface area contributed by atoms with Crippen LogP contribution in [0.2, 0.25) is 5.02 Å². The zero-order chi connectivity index (χ0) is 24.9. The largest absolute Gasteiger partial charge is 0.388 e. The standard InChI is InChI=1S/C27H27ClN2O4S/c1-17-3-7-19(8-4-17)24(31)11-12-34-16-21-13-22-25(32)23(15-30(2)27(22)35-21)26(33)29-14-18-5-9-20(28)10-6-18/h3-10,13,15,24,31H,11-12,14,16H2,1-2H3,(H,29,33). The number of thiophene rings is 1. The van der Waals surface area contributed by atoms with Gasteiger partial charge in [-0.2, -0.15) is 0 Å². The Balaban J connectivity index is 1.38. The number of nitrogens with one attached hydrogen (secondary N) is 1. The Hall–Kier alpha value is -2.97. The summed E-state index contributed by atoms with van der Waals surface area (Å²) in [6.07, 6.45) is 1.46. The third kappa shape index (κ3) is 6.18. The highest BCUT2D eigenvalue weighted by atomic mass is 35.5. The summed E-state index contributed by atoms with van der Waals surface area (Å²) >= 11 is 7.36. The van der Waals surface area contributed by atoms with Crippen LogP contribution in [0.1, 0.15) is 44.5 Å². The first kappa shape index (κ1) is 25.1. The van der Waals surface area contributed by atoms with Crippen LogP contribution < -0.4 is 10.7 Å². The van der Waals surface area contributed by atoms with Gasteiger partial charge >= 0.3 is 0 Å². The minimum Gasteiger partial charge on any atom is -0.388 e. The molecule has 1 unspecified atom stereocenters. The summed E-state index contributed by atoms with van der Waals surface area (Å²) in [6.45, 7) is 3.03. The van der Waals surface area contributed by atoms with Crippen LogP contribution in [0.3, 0.4) is 0 Å². The number of pyridine rings is 1. The van der Waals surface area contributed by atoms with Gasteiger partial charge in [0.25, 0.3) is 5.91 Å². The molecule has 0 radical (unpaired) electrons. The van der Waals surface area contributed by atoms with Crippen LogP contribution in [0.15, 0.2) is 65.6 Å². The predicted molar refractivity (Wildman–Crippen MR) is 140 cm³/mol. The second-order valence-corrected chi connectivity index (χ2v) is 10.0. The van der Waals surface area contributed by atoms with Crippen molar-refractivity contribution < 1.29 is 14.6 Å². The number of rotatable bonds is 9. The van der Waals surface area contributed by atoms with Crippen LogP contribution in [0.4, 0.5) is 0 Å². The number of hydrogen-bond acceptors (Lipinski definition) is 5. The number of aryl methyl sites for hydroxylation is 2. The molecule has 8 heteroatoms. The average molecular weight is 511 g/mol. The lowest BCUT2D eigenvalue weighted by Crippen LogP contribution is -2.29. The minimum absolute atomic E-state index is 0.0976. The van der Waals surface area contributed by atoms with Crippen LogP contribution in [0, 0.1) is 6.92 Å². The van der Waals surface area contributed by atoms with Crippen molar-refractivity contribution >= 4 is 39.1 Å². The molecule has 2 heterocycles. The molecule has 4 rings (SSSR count). The van der Waals surface area contributed by atoms with E-state index in [1.807, 2.05) is 50.4 Å². The van der Waals surface area contributed by atoms with Gasteiger partial charge in [0.05, 0.1) is 18.1 Å². The van der Waals surface area contributed by atoms with Crippen LogP contribution in [0.25, 0.3) is 10.2 Å². The summed E-state index contributed by atoms with van der Waals surface area (Å²) in [5.74, 6) is -0.420. The van der Waals surface area contributed by atoms with Crippen molar-refractivity contribution in [2.45, 2.75) is 32.6 Å². The average Bonchev–Trinajstić information content (AvgIpc) is 3.29. The minimum atomic E-state index is -0.585. The second-order valence-electron chi connectivity index (χ2n) is 8.49. The van der Waals surface area contributed by atoms with E-state index < -0.39 is 12.0 Å². The molecule has 0 saturated carbocycles. The van der Waals surface area contributed by atoms with Gasteiger partial charge in [0, 0.05) is 42.7 Å². The Bertz CT molecular complexity index is 1380. The molecule has 0 saturated heterocycles. The van der Waals surface area contributed by atoms with E-state index in [0.29, 0.717) is 36.6 Å². The molecule has 6 nitrogen and oxygen atoms in total. The first-order chi connectivity index (χ1) is 16.8. The molecule has 2 N–H and O–H groups in total. The van der Waals surface area contributed by atoms with Crippen molar-refractivity contribution in [3.05, 3.63) is 103 Å². The van der Waals surface area contributed by atoms with Gasteiger partial charge in [-0.3, -0.25) is 9.59 Å². The monoisotopic (exact) mass is 510 g/mol. The third-order valence-electron chi connectivity index (χ3n) is 5.75. The molecule has 182 valence electrons. The number of carbonyl (C=O) groups is 1. The Morgan fingerprint density at radius 3 is 2.60 bits per heavy atom. The van der Waals surface area contributed by atoms with Gasteiger partial charge in [-0.15, -0.1) is 11.3 Å². The van der Waals surface area contributed by atoms with E-state index in [1.54, 1.807) is 29.0 Å². The molecule has 35 heavy (non-hydrogen) atoms. The Morgan fingerprint density at radius 2 is 1.89 bits per heavy atom. The number of ether oxygens (including phenoxy) is 1. The van der Waals surface area contributed by atoms with E-state index in [1.165, 1.54) is 11.3 Å². The van der Waals surface area contributed by atoms with Crippen molar-refractivity contribution in [1.82, 2.24) is 9.88 Å². The molecule has 4 aromatic rings. The maximum atomic E-state index is 13.0. The fourth-order valence-corrected chi connectivity index (χ4v) is 4.90. The highest BCUT2D eigenvalue weighted by Gasteiger charge is 2.17. The first-order valence-electron chi connectivity index (χ1n) is 11.3. The fourth-order valence-electron chi connectivity index (χ4n) is 3.75. The fraction of sp³-hybridized carbons (Fsp3) is 0.259. The van der Waals surface area contributed by atoms with Crippen molar-refractivity contribution in [2.75, 3.05) is 6.61 Å². The Labute approximate surface area is 212 Å². The molecule has 1 atom stereocenters. The number of halogens is 1. The third-order valence-corrected chi connectivity index (χ3v) is 7.20. The number of aliphatic hydroxyl groups excluding tert-OH is 1. The highest BCUT2D eigenvalue weighted by molar-refractivity contribution is 7.18. The smallest absolute Gasteiger partial charge is 0.257 e. The van der Waals surface area contributed by atoms with Crippen molar-refractivity contribution in [2.24, 2.45) is 7.05 Å². The van der Waals surface area contributed by atoms with E-state index in [2.05, 4.69) is 5.32 Å². The number of benzene rings is 2. The maximum Gasteiger partial charge on any atom is 0.257 e. The van der Waals surface area contributed by atoms with Crippen LogP contribution in [-0.4, -0.2) is 22.2 Å². The van der Waals surface area contributed by atoms with Gasteiger partial charge in [-0.25, -0.2) is 0 Å². The summed E-state index contributed by atoms with van der Waals surface area (Å²) < 4.78 is 7.56.